The first-order chi connectivity index (χ1) is 9.83. The fourth-order valence-electron chi connectivity index (χ4n) is 2.78. The lowest BCUT2D eigenvalue weighted by molar-refractivity contribution is -0.142. The Kier molecular flexibility index (Phi) is 4.16. The molecule has 108 valence electrons. The molecule has 0 aromatic carbocycles. The van der Waals surface area contributed by atoms with E-state index in [1.54, 1.807) is 12.4 Å². The molecule has 3 heterocycles. The third-order valence-electron chi connectivity index (χ3n) is 3.91. The number of rotatable bonds is 3. The molecule has 0 spiro atoms. The van der Waals surface area contributed by atoms with Crippen LogP contribution >= 0.6 is 0 Å². The minimum atomic E-state index is -0.201. The fourth-order valence-corrected chi connectivity index (χ4v) is 2.78. The zero-order chi connectivity index (χ0) is 13.8. The van der Waals surface area contributed by atoms with E-state index < -0.39 is 0 Å². The van der Waals surface area contributed by atoms with Crippen molar-refractivity contribution in [3.8, 4) is 5.75 Å². The van der Waals surface area contributed by atoms with Crippen LogP contribution in [-0.4, -0.2) is 47.7 Å². The molecule has 0 saturated carbocycles. The number of hydrogen-bond acceptors (Lipinski definition) is 4. The van der Waals surface area contributed by atoms with Gasteiger partial charge in [0.15, 0.2) is 0 Å². The average Bonchev–Trinajstić information content (AvgIpc) is 3.03. The smallest absolute Gasteiger partial charge is 0.251 e. The summed E-state index contributed by atoms with van der Waals surface area (Å²) in [6.45, 7) is 2.24. The molecule has 1 atom stereocenters. The maximum Gasteiger partial charge on any atom is 0.251 e. The van der Waals surface area contributed by atoms with Gasteiger partial charge in [0, 0.05) is 44.9 Å². The lowest BCUT2D eigenvalue weighted by Crippen LogP contribution is -2.45. The number of pyridine rings is 1. The van der Waals surface area contributed by atoms with E-state index in [0.29, 0.717) is 0 Å². The van der Waals surface area contributed by atoms with Crippen LogP contribution < -0.4 is 4.74 Å². The average molecular weight is 276 g/mol. The Morgan fingerprint density at radius 2 is 2.00 bits per heavy atom. The highest BCUT2D eigenvalue weighted by atomic mass is 16.5. The number of hydrogen-bond donors (Lipinski definition) is 0. The summed E-state index contributed by atoms with van der Waals surface area (Å²) in [4.78, 5) is 18.1. The molecule has 20 heavy (non-hydrogen) atoms. The molecule has 5 heteroatoms. The Morgan fingerprint density at radius 1 is 1.25 bits per heavy atom. The van der Waals surface area contributed by atoms with Crippen molar-refractivity contribution in [2.45, 2.75) is 37.9 Å². The zero-order valence-electron chi connectivity index (χ0n) is 11.5. The molecule has 0 radical (unpaired) electrons. The molecule has 0 aliphatic carbocycles. The van der Waals surface area contributed by atoms with Crippen LogP contribution in [0.15, 0.2) is 24.5 Å². The lowest BCUT2D eigenvalue weighted by atomic mass is 10.1. The summed E-state index contributed by atoms with van der Waals surface area (Å²) < 4.78 is 11.4. The topological polar surface area (TPSA) is 51.7 Å². The van der Waals surface area contributed by atoms with Gasteiger partial charge in [-0.15, -0.1) is 0 Å². The largest absolute Gasteiger partial charge is 0.490 e. The van der Waals surface area contributed by atoms with Crippen LogP contribution in [0.3, 0.4) is 0 Å². The Hall–Kier alpha value is -1.62. The summed E-state index contributed by atoms with van der Waals surface area (Å²) in [6.07, 6.45) is 7.06. The molecule has 2 aliphatic rings. The number of carbonyl (C=O) groups excluding carboxylic acids is 1. The second-order valence-electron chi connectivity index (χ2n) is 5.33. The Morgan fingerprint density at radius 3 is 2.65 bits per heavy atom. The number of carbonyl (C=O) groups is 1. The van der Waals surface area contributed by atoms with E-state index >= 15 is 0 Å². The van der Waals surface area contributed by atoms with Crippen molar-refractivity contribution in [2.24, 2.45) is 0 Å². The van der Waals surface area contributed by atoms with Gasteiger partial charge in [0.25, 0.3) is 5.91 Å². The summed E-state index contributed by atoms with van der Waals surface area (Å²) in [5.41, 5.74) is 0. The van der Waals surface area contributed by atoms with Gasteiger partial charge in [-0.05, 0) is 25.0 Å². The third-order valence-corrected chi connectivity index (χ3v) is 3.91. The monoisotopic (exact) mass is 276 g/mol. The second-order valence-corrected chi connectivity index (χ2v) is 5.33. The predicted molar refractivity (Wildman–Crippen MR) is 73.4 cm³/mol. The number of aromatic nitrogens is 1. The first-order valence-corrected chi connectivity index (χ1v) is 7.30. The van der Waals surface area contributed by atoms with Gasteiger partial charge in [-0.3, -0.25) is 9.78 Å². The number of amides is 1. The molecule has 1 amide bonds. The molecule has 2 saturated heterocycles. The van der Waals surface area contributed by atoms with Gasteiger partial charge in [-0.1, -0.05) is 0 Å². The highest BCUT2D eigenvalue weighted by molar-refractivity contribution is 5.81. The molecule has 3 rings (SSSR count). The molecular weight excluding hydrogens is 256 g/mol. The summed E-state index contributed by atoms with van der Waals surface area (Å²) in [5.74, 6) is 1.01. The van der Waals surface area contributed by atoms with Crippen molar-refractivity contribution in [1.29, 1.82) is 0 Å². The lowest BCUT2D eigenvalue weighted by Gasteiger charge is -2.33. The second kappa shape index (κ2) is 6.22. The number of piperidine rings is 1. The van der Waals surface area contributed by atoms with E-state index in [0.717, 1.165) is 51.1 Å². The molecule has 0 bridgehead atoms. The van der Waals surface area contributed by atoms with Gasteiger partial charge >= 0.3 is 0 Å². The van der Waals surface area contributed by atoms with E-state index in [-0.39, 0.29) is 18.1 Å². The summed E-state index contributed by atoms with van der Waals surface area (Å²) in [6, 6.07) is 3.73. The molecule has 0 N–H and O–H groups in total. The fraction of sp³-hybridized carbons (Fsp3) is 0.600. The van der Waals surface area contributed by atoms with Crippen LogP contribution in [-0.2, 0) is 9.53 Å². The molecule has 0 unspecified atom stereocenters. The van der Waals surface area contributed by atoms with Crippen LogP contribution in [0, 0.1) is 0 Å². The molecule has 5 nitrogen and oxygen atoms in total. The molecule has 1 aromatic rings. The number of nitrogens with zero attached hydrogens (tertiary/aromatic N) is 2. The Balaban J connectivity index is 1.48. The van der Waals surface area contributed by atoms with E-state index in [1.165, 1.54) is 0 Å². The number of ether oxygens (including phenoxy) is 2. The van der Waals surface area contributed by atoms with Crippen molar-refractivity contribution < 1.29 is 14.3 Å². The van der Waals surface area contributed by atoms with E-state index in [1.807, 2.05) is 17.0 Å². The maximum absolute atomic E-state index is 12.2. The third kappa shape index (κ3) is 3.10. The zero-order valence-corrected chi connectivity index (χ0v) is 11.5. The summed E-state index contributed by atoms with van der Waals surface area (Å²) in [7, 11) is 0. The minimum Gasteiger partial charge on any atom is -0.490 e. The molecule has 1 aromatic heterocycles. The minimum absolute atomic E-state index is 0.157. The van der Waals surface area contributed by atoms with E-state index in [2.05, 4.69) is 4.98 Å². The predicted octanol–water partition coefficient (Wildman–Crippen LogP) is 1.63. The Bertz CT molecular complexity index is 438. The van der Waals surface area contributed by atoms with E-state index in [4.69, 9.17) is 9.47 Å². The SMILES string of the molecule is O=C([C@H]1CCCO1)N1CCC(Oc2ccncc2)CC1. The first kappa shape index (κ1) is 13.4. The van der Waals surface area contributed by atoms with Gasteiger partial charge in [0.1, 0.15) is 18.0 Å². The summed E-state index contributed by atoms with van der Waals surface area (Å²) >= 11 is 0. The van der Waals surface area contributed by atoms with Crippen molar-refractivity contribution in [3.05, 3.63) is 24.5 Å². The van der Waals surface area contributed by atoms with Crippen molar-refractivity contribution >= 4 is 5.91 Å². The van der Waals surface area contributed by atoms with Crippen molar-refractivity contribution in [2.75, 3.05) is 19.7 Å². The van der Waals surface area contributed by atoms with Gasteiger partial charge in [0.05, 0.1) is 0 Å². The molecular formula is C15H20N2O3. The molecule has 2 fully saturated rings. The van der Waals surface area contributed by atoms with Gasteiger partial charge in [-0.2, -0.15) is 0 Å². The van der Waals surface area contributed by atoms with Crippen LogP contribution in [0.2, 0.25) is 0 Å². The quantitative estimate of drug-likeness (QED) is 0.842. The highest BCUT2D eigenvalue weighted by Crippen LogP contribution is 2.21. The van der Waals surface area contributed by atoms with Crippen LogP contribution in [0.1, 0.15) is 25.7 Å². The van der Waals surface area contributed by atoms with Crippen LogP contribution in [0.5, 0.6) is 5.75 Å². The molecule has 2 aliphatic heterocycles. The van der Waals surface area contributed by atoms with Gasteiger partial charge in [0.2, 0.25) is 0 Å². The van der Waals surface area contributed by atoms with Crippen molar-refractivity contribution in [1.82, 2.24) is 9.88 Å². The highest BCUT2D eigenvalue weighted by Gasteiger charge is 2.31. The van der Waals surface area contributed by atoms with E-state index in [9.17, 15) is 4.79 Å². The van der Waals surface area contributed by atoms with Crippen LogP contribution in [0.4, 0.5) is 0 Å². The first-order valence-electron chi connectivity index (χ1n) is 7.30. The van der Waals surface area contributed by atoms with Gasteiger partial charge < -0.3 is 14.4 Å². The Labute approximate surface area is 118 Å². The van der Waals surface area contributed by atoms with Gasteiger partial charge in [-0.25, -0.2) is 0 Å². The normalized spacial score (nSPS) is 23.8. The maximum atomic E-state index is 12.2. The standard InChI is InChI=1S/C15H20N2O3/c18-15(14-2-1-11-19-14)17-9-5-13(6-10-17)20-12-3-7-16-8-4-12/h3-4,7-8,13-14H,1-2,5-6,9-11H2/t14-/m1/s1. The summed E-state index contributed by atoms with van der Waals surface area (Å²) in [5, 5.41) is 0. The number of likely N-dealkylation sites (tertiary alicyclic amines) is 1. The van der Waals surface area contributed by atoms with Crippen molar-refractivity contribution in [3.63, 3.8) is 0 Å². The van der Waals surface area contributed by atoms with Crippen LogP contribution in [0.25, 0.3) is 0 Å².